The molecule has 5 nitrogen and oxygen atoms in total. The van der Waals surface area contributed by atoms with E-state index < -0.39 is 10.0 Å². The average molecular weight is 273 g/mol. The van der Waals surface area contributed by atoms with E-state index in [-0.39, 0.29) is 31.3 Å². The smallest absolute Gasteiger partial charge is 0.240 e. The number of ether oxygens (including phenoxy) is 1. The third-order valence-electron chi connectivity index (χ3n) is 2.28. The van der Waals surface area contributed by atoms with Crippen molar-refractivity contribution in [2.24, 2.45) is 0 Å². The summed E-state index contributed by atoms with van der Waals surface area (Å²) in [6.45, 7) is 4.29. The molecule has 0 heterocycles. The predicted octanol–water partition coefficient (Wildman–Crippen LogP) is 0.591. The molecule has 0 unspecified atom stereocenters. The minimum Gasteiger partial charge on any atom is -0.394 e. The minimum atomic E-state index is -3.48. The molecule has 0 amide bonds. The monoisotopic (exact) mass is 273 g/mol. The van der Waals surface area contributed by atoms with Crippen LogP contribution in [0.4, 0.5) is 0 Å². The molecule has 2 N–H and O–H groups in total. The largest absolute Gasteiger partial charge is 0.394 e. The van der Waals surface area contributed by atoms with Gasteiger partial charge in [0.2, 0.25) is 10.0 Å². The van der Waals surface area contributed by atoms with E-state index >= 15 is 0 Å². The Hall–Kier alpha value is -0.950. The van der Waals surface area contributed by atoms with Gasteiger partial charge in [0, 0.05) is 6.54 Å². The molecule has 0 bridgehead atoms. The van der Waals surface area contributed by atoms with Gasteiger partial charge in [-0.3, -0.25) is 0 Å². The highest BCUT2D eigenvalue weighted by atomic mass is 32.2. The Balaban J connectivity index is 2.63. The van der Waals surface area contributed by atoms with Crippen LogP contribution in [-0.2, 0) is 14.8 Å². The Bertz CT molecular complexity index is 465. The van der Waals surface area contributed by atoms with Gasteiger partial charge >= 0.3 is 0 Å². The number of hydrogen-bond acceptors (Lipinski definition) is 4. The zero-order valence-corrected chi connectivity index (χ0v) is 11.5. The van der Waals surface area contributed by atoms with E-state index in [0.717, 1.165) is 11.1 Å². The number of nitrogens with one attached hydrogen (secondary N) is 1. The SMILES string of the molecule is Cc1cc(C)cc(S(=O)(=O)NCCOCCO)c1. The molecular formula is C12H19NO4S. The second-order valence-corrected chi connectivity index (χ2v) is 5.82. The third-order valence-corrected chi connectivity index (χ3v) is 3.72. The maximum Gasteiger partial charge on any atom is 0.240 e. The first-order valence-electron chi connectivity index (χ1n) is 5.72. The Labute approximate surface area is 108 Å². The van der Waals surface area contributed by atoms with Crippen LogP contribution in [0.3, 0.4) is 0 Å². The molecular weight excluding hydrogens is 254 g/mol. The van der Waals surface area contributed by atoms with Crippen molar-refractivity contribution in [1.29, 1.82) is 0 Å². The van der Waals surface area contributed by atoms with Crippen molar-refractivity contribution in [2.45, 2.75) is 18.7 Å². The molecule has 6 heteroatoms. The van der Waals surface area contributed by atoms with Crippen molar-refractivity contribution in [1.82, 2.24) is 4.72 Å². The summed E-state index contributed by atoms with van der Waals surface area (Å²) >= 11 is 0. The van der Waals surface area contributed by atoms with E-state index in [9.17, 15) is 8.42 Å². The number of benzene rings is 1. The molecule has 18 heavy (non-hydrogen) atoms. The number of aryl methyl sites for hydroxylation is 2. The lowest BCUT2D eigenvalue weighted by Crippen LogP contribution is -2.27. The summed E-state index contributed by atoms with van der Waals surface area (Å²) in [6, 6.07) is 5.18. The summed E-state index contributed by atoms with van der Waals surface area (Å²) < 4.78 is 31.3. The Morgan fingerprint density at radius 2 is 1.78 bits per heavy atom. The molecule has 0 fully saturated rings. The highest BCUT2D eigenvalue weighted by Crippen LogP contribution is 2.13. The van der Waals surface area contributed by atoms with Gasteiger partial charge in [-0.15, -0.1) is 0 Å². The molecule has 0 atom stereocenters. The van der Waals surface area contributed by atoms with Gasteiger partial charge < -0.3 is 9.84 Å². The molecule has 0 aliphatic rings. The first kappa shape index (κ1) is 15.1. The van der Waals surface area contributed by atoms with Crippen LogP contribution in [0, 0.1) is 13.8 Å². The zero-order valence-electron chi connectivity index (χ0n) is 10.6. The molecule has 1 rings (SSSR count). The van der Waals surface area contributed by atoms with Crippen molar-refractivity contribution < 1.29 is 18.3 Å². The van der Waals surface area contributed by atoms with Crippen LogP contribution in [-0.4, -0.2) is 39.9 Å². The number of sulfonamides is 1. The maximum atomic E-state index is 12.0. The first-order chi connectivity index (χ1) is 8.45. The van der Waals surface area contributed by atoms with Gasteiger partial charge in [0.1, 0.15) is 0 Å². The number of aliphatic hydroxyl groups excluding tert-OH is 1. The van der Waals surface area contributed by atoms with Gasteiger partial charge in [-0.25, -0.2) is 13.1 Å². The van der Waals surface area contributed by atoms with E-state index in [2.05, 4.69) is 4.72 Å². The quantitative estimate of drug-likeness (QED) is 0.713. The fourth-order valence-corrected chi connectivity index (χ4v) is 2.79. The lowest BCUT2D eigenvalue weighted by atomic mass is 10.2. The molecule has 0 aromatic heterocycles. The summed E-state index contributed by atoms with van der Waals surface area (Å²) in [5.74, 6) is 0. The van der Waals surface area contributed by atoms with Crippen LogP contribution < -0.4 is 4.72 Å². The lowest BCUT2D eigenvalue weighted by Gasteiger charge is -2.08. The molecule has 0 saturated carbocycles. The van der Waals surface area contributed by atoms with E-state index in [1.165, 1.54) is 0 Å². The molecule has 1 aromatic rings. The Morgan fingerprint density at radius 1 is 1.17 bits per heavy atom. The Morgan fingerprint density at radius 3 is 2.33 bits per heavy atom. The number of rotatable bonds is 7. The van der Waals surface area contributed by atoms with E-state index in [1.807, 2.05) is 19.9 Å². The standard InChI is InChI=1S/C12H19NO4S/c1-10-7-11(2)9-12(8-10)18(15,16)13-3-5-17-6-4-14/h7-9,13-14H,3-6H2,1-2H3. The van der Waals surface area contributed by atoms with Crippen LogP contribution in [0.2, 0.25) is 0 Å². The maximum absolute atomic E-state index is 12.0. The van der Waals surface area contributed by atoms with Gasteiger partial charge in [0.05, 0.1) is 24.7 Å². The van der Waals surface area contributed by atoms with E-state index in [0.29, 0.717) is 0 Å². The van der Waals surface area contributed by atoms with Crippen molar-refractivity contribution >= 4 is 10.0 Å². The van der Waals surface area contributed by atoms with Crippen molar-refractivity contribution in [3.63, 3.8) is 0 Å². The number of hydrogen-bond donors (Lipinski definition) is 2. The molecule has 102 valence electrons. The predicted molar refractivity (Wildman–Crippen MR) is 69.0 cm³/mol. The summed E-state index contributed by atoms with van der Waals surface area (Å²) in [5, 5.41) is 8.50. The number of aliphatic hydroxyl groups is 1. The second-order valence-electron chi connectivity index (χ2n) is 4.06. The second kappa shape index (κ2) is 6.84. The van der Waals surface area contributed by atoms with Gasteiger partial charge in [0.15, 0.2) is 0 Å². The molecule has 0 aliphatic heterocycles. The molecule has 0 saturated heterocycles. The average Bonchev–Trinajstić information content (AvgIpc) is 2.27. The van der Waals surface area contributed by atoms with Gasteiger partial charge in [-0.05, 0) is 37.1 Å². The summed E-state index contributed by atoms with van der Waals surface area (Å²) in [4.78, 5) is 0.266. The van der Waals surface area contributed by atoms with Gasteiger partial charge in [-0.1, -0.05) is 6.07 Å². The van der Waals surface area contributed by atoms with E-state index in [4.69, 9.17) is 9.84 Å². The summed E-state index contributed by atoms with van der Waals surface area (Å²) in [6.07, 6.45) is 0. The summed E-state index contributed by atoms with van der Waals surface area (Å²) in [7, 11) is -3.48. The van der Waals surface area contributed by atoms with Crippen LogP contribution in [0.1, 0.15) is 11.1 Å². The molecule has 0 spiro atoms. The van der Waals surface area contributed by atoms with Crippen molar-refractivity contribution in [3.8, 4) is 0 Å². The van der Waals surface area contributed by atoms with Gasteiger partial charge in [-0.2, -0.15) is 0 Å². The lowest BCUT2D eigenvalue weighted by molar-refractivity contribution is 0.0961. The highest BCUT2D eigenvalue weighted by Gasteiger charge is 2.13. The van der Waals surface area contributed by atoms with Crippen LogP contribution in [0.5, 0.6) is 0 Å². The third kappa shape index (κ3) is 4.73. The van der Waals surface area contributed by atoms with Crippen LogP contribution >= 0.6 is 0 Å². The van der Waals surface area contributed by atoms with E-state index in [1.54, 1.807) is 12.1 Å². The molecule has 1 aromatic carbocycles. The minimum absolute atomic E-state index is 0.0657. The molecule has 0 aliphatic carbocycles. The highest BCUT2D eigenvalue weighted by molar-refractivity contribution is 7.89. The van der Waals surface area contributed by atoms with Crippen LogP contribution in [0.15, 0.2) is 23.1 Å². The normalized spacial score (nSPS) is 11.7. The fourth-order valence-electron chi connectivity index (χ4n) is 1.59. The van der Waals surface area contributed by atoms with Crippen molar-refractivity contribution in [2.75, 3.05) is 26.4 Å². The fraction of sp³-hybridized carbons (Fsp3) is 0.500. The molecule has 0 radical (unpaired) electrons. The first-order valence-corrected chi connectivity index (χ1v) is 7.20. The Kier molecular flexibility index (Phi) is 5.74. The van der Waals surface area contributed by atoms with Crippen molar-refractivity contribution in [3.05, 3.63) is 29.3 Å². The van der Waals surface area contributed by atoms with Crippen LogP contribution in [0.25, 0.3) is 0 Å². The topological polar surface area (TPSA) is 75.6 Å². The van der Waals surface area contributed by atoms with Gasteiger partial charge in [0.25, 0.3) is 0 Å². The zero-order chi connectivity index (χ0) is 13.6. The summed E-state index contributed by atoms with van der Waals surface area (Å²) in [5.41, 5.74) is 1.82.